The largest absolute Gasteiger partial charge is 0.486 e. The molecule has 1 aromatic rings. The van der Waals surface area contributed by atoms with E-state index in [1.54, 1.807) is 18.2 Å². The second kappa shape index (κ2) is 13.2. The quantitative estimate of drug-likeness (QED) is 0.319. The molecule has 1 aromatic carbocycles. The summed E-state index contributed by atoms with van der Waals surface area (Å²) in [7, 11) is 0. The molecule has 0 aromatic heterocycles. The normalized spacial score (nSPS) is 19.1. The van der Waals surface area contributed by atoms with Crippen LogP contribution in [0.3, 0.4) is 0 Å². The summed E-state index contributed by atoms with van der Waals surface area (Å²) in [6.45, 7) is 13.0. The van der Waals surface area contributed by atoms with Gasteiger partial charge in [0, 0.05) is 25.7 Å². The van der Waals surface area contributed by atoms with Crippen LogP contribution in [0.4, 0.5) is 4.39 Å². The molecule has 1 heterocycles. The Balaban J connectivity index is 0.00000392. The van der Waals surface area contributed by atoms with Crippen molar-refractivity contribution in [3.05, 3.63) is 30.1 Å². The van der Waals surface area contributed by atoms with Crippen molar-refractivity contribution >= 4 is 29.9 Å². The molecule has 1 fully saturated rings. The van der Waals surface area contributed by atoms with Crippen LogP contribution in [0, 0.1) is 11.7 Å². The summed E-state index contributed by atoms with van der Waals surface area (Å²) in [6, 6.07) is 7.07. The van der Waals surface area contributed by atoms with Crippen LogP contribution >= 0.6 is 24.0 Å². The third kappa shape index (κ3) is 8.51. The Hall–Kier alpha value is -1.09. The molecule has 2 unspecified atom stereocenters. The molecule has 0 amide bonds. The highest BCUT2D eigenvalue weighted by Crippen LogP contribution is 2.18. The van der Waals surface area contributed by atoms with Crippen molar-refractivity contribution in [2.45, 2.75) is 52.7 Å². The molecule has 1 aliphatic heterocycles. The van der Waals surface area contributed by atoms with Crippen molar-refractivity contribution < 1.29 is 9.13 Å². The molecule has 0 radical (unpaired) electrons. The molecular weight excluding hydrogens is 470 g/mol. The lowest BCUT2D eigenvalue weighted by Crippen LogP contribution is -2.46. The highest BCUT2D eigenvalue weighted by molar-refractivity contribution is 14.0. The van der Waals surface area contributed by atoms with E-state index in [1.165, 1.54) is 25.5 Å². The number of hydrogen-bond acceptors (Lipinski definition) is 3. The van der Waals surface area contributed by atoms with Gasteiger partial charge in [0.15, 0.2) is 17.5 Å². The van der Waals surface area contributed by atoms with Crippen molar-refractivity contribution in [1.82, 2.24) is 15.5 Å². The first-order chi connectivity index (χ1) is 13.0. The van der Waals surface area contributed by atoms with Gasteiger partial charge in [-0.25, -0.2) is 9.38 Å². The molecule has 0 saturated carbocycles. The number of para-hydroxylation sites is 1. The van der Waals surface area contributed by atoms with E-state index < -0.39 is 0 Å². The molecule has 160 valence electrons. The Kier molecular flexibility index (Phi) is 11.8. The van der Waals surface area contributed by atoms with Gasteiger partial charge in [0.25, 0.3) is 0 Å². The number of nitrogens with one attached hydrogen (secondary N) is 2. The van der Waals surface area contributed by atoms with Gasteiger partial charge in [-0.05, 0) is 65.1 Å². The zero-order valence-corrected chi connectivity index (χ0v) is 19.9. The zero-order chi connectivity index (χ0) is 19.6. The van der Waals surface area contributed by atoms with Gasteiger partial charge in [-0.15, -0.1) is 24.0 Å². The minimum absolute atomic E-state index is 0. The average Bonchev–Trinajstić information content (AvgIpc) is 2.66. The number of halogens is 2. The molecule has 28 heavy (non-hydrogen) atoms. The van der Waals surface area contributed by atoms with Crippen LogP contribution in [-0.2, 0) is 0 Å². The van der Waals surface area contributed by atoms with E-state index in [0.717, 1.165) is 25.6 Å². The van der Waals surface area contributed by atoms with Crippen molar-refractivity contribution in [2.75, 3.05) is 32.7 Å². The number of aliphatic imine (C=N–C) groups is 1. The smallest absolute Gasteiger partial charge is 0.191 e. The summed E-state index contributed by atoms with van der Waals surface area (Å²) in [4.78, 5) is 7.16. The maximum Gasteiger partial charge on any atom is 0.191 e. The van der Waals surface area contributed by atoms with Crippen molar-refractivity contribution in [3.8, 4) is 5.75 Å². The summed E-state index contributed by atoms with van der Waals surface area (Å²) in [5, 5.41) is 6.75. The Labute approximate surface area is 186 Å². The summed E-state index contributed by atoms with van der Waals surface area (Å²) in [5.41, 5.74) is 0. The molecule has 2 rings (SSSR count). The van der Waals surface area contributed by atoms with Crippen molar-refractivity contribution in [2.24, 2.45) is 10.9 Å². The Morgan fingerprint density at radius 2 is 2.04 bits per heavy atom. The monoisotopic (exact) mass is 506 g/mol. The third-order valence-corrected chi connectivity index (χ3v) is 4.85. The summed E-state index contributed by atoms with van der Waals surface area (Å²) in [6.07, 6.45) is 2.30. The summed E-state index contributed by atoms with van der Waals surface area (Å²) >= 11 is 0. The standard InChI is InChI=1S/C21H35FN4O.HI/c1-5-23-21(25-14-18-9-8-12-26(15-18)16(2)3)24-13-17(4)27-20-11-7-6-10-19(20)22;/h6-7,10-11,16-18H,5,8-9,12-15H2,1-4H3,(H2,23,24,25);1H. The number of nitrogens with zero attached hydrogens (tertiary/aromatic N) is 2. The number of guanidine groups is 1. The molecule has 2 N–H and O–H groups in total. The fraction of sp³-hybridized carbons (Fsp3) is 0.667. The van der Waals surface area contributed by atoms with E-state index in [9.17, 15) is 4.39 Å². The minimum atomic E-state index is -0.342. The van der Waals surface area contributed by atoms with E-state index in [2.05, 4.69) is 41.3 Å². The number of rotatable bonds is 8. The van der Waals surface area contributed by atoms with Crippen molar-refractivity contribution in [1.29, 1.82) is 0 Å². The highest BCUT2D eigenvalue weighted by atomic mass is 127. The topological polar surface area (TPSA) is 48.9 Å². The lowest BCUT2D eigenvalue weighted by molar-refractivity contribution is 0.141. The number of ether oxygens (including phenoxy) is 1. The summed E-state index contributed by atoms with van der Waals surface area (Å²) in [5.74, 6) is 1.36. The number of likely N-dealkylation sites (tertiary alicyclic amines) is 1. The average molecular weight is 506 g/mol. The molecular formula is C21H36FIN4O. The fourth-order valence-corrected chi connectivity index (χ4v) is 3.33. The first kappa shape index (κ1) is 24.9. The van der Waals surface area contributed by atoms with E-state index >= 15 is 0 Å². The highest BCUT2D eigenvalue weighted by Gasteiger charge is 2.21. The zero-order valence-electron chi connectivity index (χ0n) is 17.6. The molecule has 1 aliphatic rings. The maximum absolute atomic E-state index is 13.7. The van der Waals surface area contributed by atoms with E-state index in [0.29, 0.717) is 18.5 Å². The predicted octanol–water partition coefficient (Wildman–Crippen LogP) is 3.89. The fourth-order valence-electron chi connectivity index (χ4n) is 3.33. The van der Waals surface area contributed by atoms with Crippen LogP contribution in [0.15, 0.2) is 29.3 Å². The van der Waals surface area contributed by atoms with Crippen LogP contribution in [0.1, 0.15) is 40.5 Å². The lowest BCUT2D eigenvalue weighted by atomic mass is 9.97. The Bertz CT molecular complexity index is 600. The number of benzene rings is 1. The van der Waals surface area contributed by atoms with Gasteiger partial charge in [0.05, 0.1) is 6.54 Å². The van der Waals surface area contributed by atoms with Gasteiger partial charge in [-0.2, -0.15) is 0 Å². The molecule has 5 nitrogen and oxygen atoms in total. The Morgan fingerprint density at radius 1 is 1.29 bits per heavy atom. The first-order valence-corrected chi connectivity index (χ1v) is 10.2. The predicted molar refractivity (Wildman–Crippen MR) is 125 cm³/mol. The van der Waals surface area contributed by atoms with E-state index in [-0.39, 0.29) is 41.6 Å². The molecule has 0 aliphatic carbocycles. The summed E-state index contributed by atoms with van der Waals surface area (Å²) < 4.78 is 19.4. The van der Waals surface area contributed by atoms with Crippen LogP contribution < -0.4 is 15.4 Å². The minimum Gasteiger partial charge on any atom is -0.486 e. The van der Waals surface area contributed by atoms with Gasteiger partial charge in [0.1, 0.15) is 6.10 Å². The SMILES string of the molecule is CCNC(=NCC(C)Oc1ccccc1F)NCC1CCCN(C(C)C)C1.I. The lowest BCUT2D eigenvalue weighted by Gasteiger charge is -2.35. The van der Waals surface area contributed by atoms with E-state index in [4.69, 9.17) is 4.74 Å². The van der Waals surface area contributed by atoms with Gasteiger partial charge in [-0.3, -0.25) is 0 Å². The number of hydrogen-bond donors (Lipinski definition) is 2. The number of piperidine rings is 1. The van der Waals surface area contributed by atoms with Crippen LogP contribution in [0.5, 0.6) is 5.75 Å². The van der Waals surface area contributed by atoms with Crippen LogP contribution in [0.25, 0.3) is 0 Å². The second-order valence-electron chi connectivity index (χ2n) is 7.56. The molecule has 7 heteroatoms. The van der Waals surface area contributed by atoms with Crippen LogP contribution in [0.2, 0.25) is 0 Å². The van der Waals surface area contributed by atoms with Crippen molar-refractivity contribution in [3.63, 3.8) is 0 Å². The molecule has 0 bridgehead atoms. The maximum atomic E-state index is 13.7. The molecule has 1 saturated heterocycles. The van der Waals surface area contributed by atoms with Gasteiger partial charge in [0.2, 0.25) is 0 Å². The molecule has 2 atom stereocenters. The molecule has 0 spiro atoms. The van der Waals surface area contributed by atoms with E-state index in [1.807, 2.05) is 6.92 Å². The van der Waals surface area contributed by atoms with Gasteiger partial charge < -0.3 is 20.3 Å². The van der Waals surface area contributed by atoms with Gasteiger partial charge >= 0.3 is 0 Å². The third-order valence-electron chi connectivity index (χ3n) is 4.85. The first-order valence-electron chi connectivity index (χ1n) is 10.2. The van der Waals surface area contributed by atoms with Gasteiger partial charge in [-0.1, -0.05) is 12.1 Å². The van der Waals surface area contributed by atoms with Crippen LogP contribution in [-0.4, -0.2) is 55.7 Å². The Morgan fingerprint density at radius 3 is 2.71 bits per heavy atom. The second-order valence-corrected chi connectivity index (χ2v) is 7.56.